The van der Waals surface area contributed by atoms with Crippen LogP contribution >= 0.6 is 0 Å². The van der Waals surface area contributed by atoms with Crippen LogP contribution in [0.2, 0.25) is 0 Å². The lowest BCUT2D eigenvalue weighted by Crippen LogP contribution is -2.00. The smallest absolute Gasteiger partial charge is 0.112 e. The summed E-state index contributed by atoms with van der Waals surface area (Å²) in [6, 6.07) is 3.76. The Kier molecular flexibility index (Phi) is 2.78. The molecule has 0 bridgehead atoms. The first kappa shape index (κ1) is 9.86. The molecule has 0 spiro atoms. The molecule has 2 rings (SSSR count). The van der Waals surface area contributed by atoms with Gasteiger partial charge in [-0.3, -0.25) is 4.98 Å². The first-order valence-corrected chi connectivity index (χ1v) is 4.93. The standard InChI is InChI=1S/C11H13N3O/c1-2-11-13-5-6-14(11)10-3-4-12-9(7-10)8-15/h3-7,15H,2,8H2,1H3. The quantitative estimate of drug-likeness (QED) is 0.818. The van der Waals surface area contributed by atoms with Crippen molar-refractivity contribution in [3.63, 3.8) is 0 Å². The van der Waals surface area contributed by atoms with Gasteiger partial charge in [-0.1, -0.05) is 6.92 Å². The number of pyridine rings is 1. The second-order valence-corrected chi connectivity index (χ2v) is 3.23. The molecule has 0 aliphatic rings. The maximum absolute atomic E-state index is 9.00. The third-order valence-electron chi connectivity index (χ3n) is 2.27. The number of aromatic nitrogens is 3. The van der Waals surface area contributed by atoms with Gasteiger partial charge in [0.05, 0.1) is 18.0 Å². The Morgan fingerprint density at radius 1 is 1.33 bits per heavy atom. The van der Waals surface area contributed by atoms with Crippen molar-refractivity contribution in [1.29, 1.82) is 0 Å². The van der Waals surface area contributed by atoms with Gasteiger partial charge in [-0.05, 0) is 12.1 Å². The highest BCUT2D eigenvalue weighted by molar-refractivity contribution is 5.33. The maximum atomic E-state index is 9.00. The van der Waals surface area contributed by atoms with Gasteiger partial charge in [0.1, 0.15) is 5.82 Å². The SMILES string of the molecule is CCc1nccn1-c1ccnc(CO)c1. The van der Waals surface area contributed by atoms with Gasteiger partial charge in [0.15, 0.2) is 0 Å². The predicted octanol–water partition coefficient (Wildman–Crippen LogP) is 1.32. The van der Waals surface area contributed by atoms with Crippen LogP contribution in [-0.4, -0.2) is 19.6 Å². The van der Waals surface area contributed by atoms with Crippen LogP contribution in [0.4, 0.5) is 0 Å². The van der Waals surface area contributed by atoms with Gasteiger partial charge in [0.2, 0.25) is 0 Å². The van der Waals surface area contributed by atoms with Crippen LogP contribution < -0.4 is 0 Å². The molecule has 2 heterocycles. The normalized spacial score (nSPS) is 10.5. The molecule has 0 radical (unpaired) electrons. The molecule has 0 aromatic carbocycles. The van der Waals surface area contributed by atoms with Gasteiger partial charge in [0, 0.05) is 25.0 Å². The number of hydrogen-bond acceptors (Lipinski definition) is 3. The zero-order chi connectivity index (χ0) is 10.7. The molecule has 15 heavy (non-hydrogen) atoms. The van der Waals surface area contributed by atoms with Crippen LogP contribution in [0.3, 0.4) is 0 Å². The van der Waals surface area contributed by atoms with E-state index in [1.807, 2.05) is 22.9 Å². The van der Waals surface area contributed by atoms with E-state index in [9.17, 15) is 0 Å². The van der Waals surface area contributed by atoms with Gasteiger partial charge in [0.25, 0.3) is 0 Å². The molecule has 4 heteroatoms. The van der Waals surface area contributed by atoms with E-state index in [1.54, 1.807) is 12.4 Å². The molecule has 0 atom stereocenters. The molecule has 0 saturated carbocycles. The molecule has 0 unspecified atom stereocenters. The van der Waals surface area contributed by atoms with Crippen molar-refractivity contribution >= 4 is 0 Å². The zero-order valence-corrected chi connectivity index (χ0v) is 8.59. The number of nitrogens with zero attached hydrogens (tertiary/aromatic N) is 3. The van der Waals surface area contributed by atoms with Crippen LogP contribution in [0.15, 0.2) is 30.7 Å². The number of aryl methyl sites for hydroxylation is 1. The van der Waals surface area contributed by atoms with Crippen molar-refractivity contribution in [2.24, 2.45) is 0 Å². The zero-order valence-electron chi connectivity index (χ0n) is 8.59. The lowest BCUT2D eigenvalue weighted by atomic mass is 10.3. The van der Waals surface area contributed by atoms with Crippen molar-refractivity contribution in [3.05, 3.63) is 42.2 Å². The van der Waals surface area contributed by atoms with E-state index in [-0.39, 0.29) is 6.61 Å². The van der Waals surface area contributed by atoms with Crippen molar-refractivity contribution < 1.29 is 5.11 Å². The van der Waals surface area contributed by atoms with Crippen molar-refractivity contribution in [1.82, 2.24) is 14.5 Å². The highest BCUT2D eigenvalue weighted by Crippen LogP contribution is 2.11. The molecular weight excluding hydrogens is 190 g/mol. The monoisotopic (exact) mass is 203 g/mol. The fourth-order valence-corrected chi connectivity index (χ4v) is 1.53. The molecule has 78 valence electrons. The summed E-state index contributed by atoms with van der Waals surface area (Å²) in [5.74, 6) is 1.00. The second-order valence-electron chi connectivity index (χ2n) is 3.23. The number of aliphatic hydroxyl groups is 1. The van der Waals surface area contributed by atoms with E-state index < -0.39 is 0 Å². The number of rotatable bonds is 3. The molecule has 0 aliphatic carbocycles. The highest BCUT2D eigenvalue weighted by Gasteiger charge is 2.03. The summed E-state index contributed by atoms with van der Waals surface area (Å²) >= 11 is 0. The molecular formula is C11H13N3O. The van der Waals surface area contributed by atoms with E-state index in [0.29, 0.717) is 5.69 Å². The maximum Gasteiger partial charge on any atom is 0.112 e. The lowest BCUT2D eigenvalue weighted by molar-refractivity contribution is 0.277. The Labute approximate surface area is 88.2 Å². The van der Waals surface area contributed by atoms with E-state index in [2.05, 4.69) is 16.9 Å². The summed E-state index contributed by atoms with van der Waals surface area (Å²) in [6.07, 6.45) is 6.26. The summed E-state index contributed by atoms with van der Waals surface area (Å²) in [4.78, 5) is 8.29. The molecule has 2 aromatic rings. The third-order valence-corrected chi connectivity index (χ3v) is 2.27. The lowest BCUT2D eigenvalue weighted by Gasteiger charge is -2.06. The summed E-state index contributed by atoms with van der Waals surface area (Å²) in [7, 11) is 0. The Morgan fingerprint density at radius 3 is 2.93 bits per heavy atom. The van der Waals surface area contributed by atoms with Gasteiger partial charge < -0.3 is 9.67 Å². The molecule has 0 aliphatic heterocycles. The van der Waals surface area contributed by atoms with Crippen molar-refractivity contribution in [2.45, 2.75) is 20.0 Å². The van der Waals surface area contributed by atoms with Gasteiger partial charge in [-0.15, -0.1) is 0 Å². The van der Waals surface area contributed by atoms with Gasteiger partial charge in [-0.25, -0.2) is 4.98 Å². The van der Waals surface area contributed by atoms with Gasteiger partial charge >= 0.3 is 0 Å². The summed E-state index contributed by atoms with van der Waals surface area (Å²) in [6.45, 7) is 2.02. The Hall–Kier alpha value is -1.68. The molecule has 2 aromatic heterocycles. The fourth-order valence-electron chi connectivity index (χ4n) is 1.53. The topological polar surface area (TPSA) is 50.9 Å². The minimum Gasteiger partial charge on any atom is -0.390 e. The van der Waals surface area contributed by atoms with E-state index in [4.69, 9.17) is 5.11 Å². The second kappa shape index (κ2) is 4.23. The van der Waals surface area contributed by atoms with Crippen LogP contribution in [0.5, 0.6) is 0 Å². The van der Waals surface area contributed by atoms with E-state index in [1.165, 1.54) is 0 Å². The van der Waals surface area contributed by atoms with Crippen LogP contribution in [0, 0.1) is 0 Å². The van der Waals surface area contributed by atoms with Crippen molar-refractivity contribution in [3.8, 4) is 5.69 Å². The van der Waals surface area contributed by atoms with E-state index in [0.717, 1.165) is 17.9 Å². The van der Waals surface area contributed by atoms with Crippen LogP contribution in [0.1, 0.15) is 18.4 Å². The Bertz CT molecular complexity index is 451. The summed E-state index contributed by atoms with van der Waals surface area (Å²) in [5, 5.41) is 9.00. The number of imidazole rings is 1. The minimum atomic E-state index is -0.0377. The van der Waals surface area contributed by atoms with Gasteiger partial charge in [-0.2, -0.15) is 0 Å². The largest absolute Gasteiger partial charge is 0.390 e. The Morgan fingerprint density at radius 2 is 2.20 bits per heavy atom. The first-order chi connectivity index (χ1) is 7.35. The molecule has 4 nitrogen and oxygen atoms in total. The molecule has 0 amide bonds. The first-order valence-electron chi connectivity index (χ1n) is 4.93. The molecule has 0 fully saturated rings. The van der Waals surface area contributed by atoms with Crippen molar-refractivity contribution in [2.75, 3.05) is 0 Å². The fraction of sp³-hybridized carbons (Fsp3) is 0.273. The predicted molar refractivity (Wildman–Crippen MR) is 56.7 cm³/mol. The molecule has 1 N–H and O–H groups in total. The molecule has 0 saturated heterocycles. The average molecular weight is 203 g/mol. The third kappa shape index (κ3) is 1.89. The van der Waals surface area contributed by atoms with Crippen LogP contribution in [-0.2, 0) is 13.0 Å². The minimum absolute atomic E-state index is 0.0377. The number of aliphatic hydroxyl groups excluding tert-OH is 1. The highest BCUT2D eigenvalue weighted by atomic mass is 16.3. The van der Waals surface area contributed by atoms with E-state index >= 15 is 0 Å². The Balaban J connectivity index is 2.44. The van der Waals surface area contributed by atoms with Crippen LogP contribution in [0.25, 0.3) is 5.69 Å². The summed E-state index contributed by atoms with van der Waals surface area (Å²) in [5.41, 5.74) is 1.66. The number of hydrogen-bond donors (Lipinski definition) is 1. The summed E-state index contributed by atoms with van der Waals surface area (Å²) < 4.78 is 2.00. The average Bonchev–Trinajstić information content (AvgIpc) is 2.77.